The van der Waals surface area contributed by atoms with Crippen LogP contribution in [-0.2, 0) is 27.5 Å². The first-order valence-electron chi connectivity index (χ1n) is 18.8. The Kier molecular flexibility index (Phi) is 9.64. The molecule has 0 radical (unpaired) electrons. The quantitative estimate of drug-likeness (QED) is 0.184. The zero-order chi connectivity index (χ0) is 40.9. The summed E-state index contributed by atoms with van der Waals surface area (Å²) < 4.78 is 14.4. The normalized spacial score (nSPS) is 18.6. The number of rotatable bonds is 9. The number of hydrogen-bond donors (Lipinski definition) is 3. The lowest BCUT2D eigenvalue weighted by Gasteiger charge is -2.35. The van der Waals surface area contributed by atoms with Crippen molar-refractivity contribution < 1.29 is 38.3 Å². The van der Waals surface area contributed by atoms with Gasteiger partial charge >= 0.3 is 0 Å². The molecule has 4 aliphatic heterocycles. The van der Waals surface area contributed by atoms with E-state index in [0.29, 0.717) is 66.1 Å². The first kappa shape index (κ1) is 37.6. The van der Waals surface area contributed by atoms with Gasteiger partial charge in [-0.2, -0.15) is 0 Å². The van der Waals surface area contributed by atoms with E-state index in [1.807, 2.05) is 24.3 Å². The Balaban J connectivity index is 0.842. The van der Waals surface area contributed by atoms with Crippen molar-refractivity contribution in [2.24, 2.45) is 0 Å². The van der Waals surface area contributed by atoms with Crippen LogP contribution in [0.25, 0.3) is 11.3 Å². The molecule has 16 nitrogen and oxygen atoms in total. The largest absolute Gasteiger partial charge is 0.508 e. The summed E-state index contributed by atoms with van der Waals surface area (Å²) in [5, 5.41) is 26.5. The lowest BCUT2D eigenvalue weighted by atomic mass is 10.0. The lowest BCUT2D eigenvalue weighted by Crippen LogP contribution is -2.54. The maximum atomic E-state index is 14.4. The van der Waals surface area contributed by atoms with Gasteiger partial charge in [-0.15, -0.1) is 21.5 Å². The Hall–Kier alpha value is -6.92. The molecule has 0 aliphatic carbocycles. The Morgan fingerprint density at radius 2 is 1.71 bits per heavy atom. The number of piperazine rings is 1. The molecule has 2 atom stereocenters. The van der Waals surface area contributed by atoms with Crippen LogP contribution in [0.3, 0.4) is 0 Å². The van der Waals surface area contributed by atoms with E-state index in [2.05, 4.69) is 35.6 Å². The number of amides is 6. The summed E-state index contributed by atoms with van der Waals surface area (Å²) >= 11 is 1.18. The second-order valence-corrected chi connectivity index (χ2v) is 15.5. The van der Waals surface area contributed by atoms with E-state index in [0.717, 1.165) is 28.7 Å². The van der Waals surface area contributed by atoms with Gasteiger partial charge in [-0.25, -0.2) is 9.37 Å². The number of fused-ring (bicyclic) bond motifs is 2. The molecule has 0 spiro atoms. The van der Waals surface area contributed by atoms with E-state index < -0.39 is 53.3 Å². The fraction of sp³-hybridized carbons (Fsp3) is 0.244. The van der Waals surface area contributed by atoms with Crippen molar-refractivity contribution in [1.82, 2.24) is 35.2 Å². The van der Waals surface area contributed by atoms with Crippen molar-refractivity contribution in [3.8, 4) is 17.0 Å². The summed E-state index contributed by atoms with van der Waals surface area (Å²) in [5.74, 6) is -3.59. The fourth-order valence-corrected chi connectivity index (χ4v) is 8.53. The molecule has 2 aromatic heterocycles. The number of phenolic OH excluding ortho intramolecular Hbond substituents is 1. The Labute approximate surface area is 339 Å². The highest BCUT2D eigenvalue weighted by atomic mass is 32.1. The second-order valence-electron chi connectivity index (χ2n) is 14.6. The molecular weight excluding hydrogens is 782 g/mol. The summed E-state index contributed by atoms with van der Waals surface area (Å²) in [4.78, 5) is 88.6. The van der Waals surface area contributed by atoms with E-state index in [1.54, 1.807) is 29.6 Å². The zero-order valence-corrected chi connectivity index (χ0v) is 31.9. The lowest BCUT2D eigenvalue weighted by molar-refractivity contribution is -0.136. The maximum absolute atomic E-state index is 14.4. The number of carbonyl (C=O) groups excluding carboxylic acids is 6. The number of thiazole rings is 1. The molecule has 0 saturated carbocycles. The Morgan fingerprint density at radius 3 is 2.46 bits per heavy atom. The van der Waals surface area contributed by atoms with Crippen LogP contribution < -0.4 is 15.5 Å². The third kappa shape index (κ3) is 7.05. The number of piperidine rings is 1. The van der Waals surface area contributed by atoms with Gasteiger partial charge in [-0.05, 0) is 66.1 Å². The van der Waals surface area contributed by atoms with E-state index in [4.69, 9.17) is 0 Å². The minimum Gasteiger partial charge on any atom is -0.508 e. The molecular formula is C41H34FN9O7S. The van der Waals surface area contributed by atoms with Crippen LogP contribution in [0.5, 0.6) is 5.75 Å². The third-order valence-corrected chi connectivity index (χ3v) is 11.7. The Bertz CT molecular complexity index is 2560. The SMILES string of the molecule is O=C1CCC(N2C(=O)c3ccc(CN4CCN(c5ccc(-c6ccc7c(c6)C(=O)N(C(C(=O)Nc6nccs6)c6cc(F)ccc6O)C7)nn5)CC4)cc3C2=O)C(=O)N1. The molecule has 2 saturated heterocycles. The molecule has 4 aliphatic rings. The highest BCUT2D eigenvalue weighted by Crippen LogP contribution is 2.38. The molecule has 2 unspecified atom stereocenters. The zero-order valence-electron chi connectivity index (χ0n) is 31.1. The van der Waals surface area contributed by atoms with Crippen LogP contribution in [0.2, 0.25) is 0 Å². The first-order valence-corrected chi connectivity index (χ1v) is 19.7. The molecule has 2 fully saturated rings. The summed E-state index contributed by atoms with van der Waals surface area (Å²) in [7, 11) is 0. The van der Waals surface area contributed by atoms with Gasteiger partial charge in [0.15, 0.2) is 10.9 Å². The molecule has 6 amide bonds. The number of carbonyl (C=O) groups is 6. The van der Waals surface area contributed by atoms with Crippen molar-refractivity contribution in [3.63, 3.8) is 0 Å². The second kappa shape index (κ2) is 15.1. The average Bonchev–Trinajstić information content (AvgIpc) is 3.93. The number of anilines is 2. The number of halogens is 1. The topological polar surface area (TPSA) is 198 Å². The molecule has 5 aromatic rings. The molecule has 18 heteroatoms. The number of benzene rings is 3. The highest BCUT2D eigenvalue weighted by Gasteiger charge is 2.45. The predicted molar refractivity (Wildman–Crippen MR) is 209 cm³/mol. The third-order valence-electron chi connectivity index (χ3n) is 11.0. The standard InChI is InChI=1S/C41H34FN9O7S/c42-25-4-8-32(52)29(19-25)35(37(55)45-41-43-11-16-59-41)50-21-24-3-2-23(18-27(24)38(50)56)30-6-9-33(47-46-30)49-14-12-48(13-15-49)20-22-1-5-26-28(17-22)40(58)51(39(26)57)31-7-10-34(53)44-36(31)54/h1-6,8-9,11,16-19,31,35,52H,7,10,12-15,20-21H2,(H,43,45,55)(H,44,53,54). The molecule has 9 rings (SSSR count). The van der Waals surface area contributed by atoms with Gasteiger partial charge in [-0.3, -0.25) is 49.2 Å². The fourth-order valence-electron chi connectivity index (χ4n) is 8.00. The first-order chi connectivity index (χ1) is 28.5. The average molecular weight is 816 g/mol. The predicted octanol–water partition coefficient (Wildman–Crippen LogP) is 3.50. The summed E-state index contributed by atoms with van der Waals surface area (Å²) in [6, 6.07) is 15.0. The monoisotopic (exact) mass is 815 g/mol. The van der Waals surface area contributed by atoms with Crippen LogP contribution in [0, 0.1) is 5.82 Å². The van der Waals surface area contributed by atoms with Gasteiger partial charge in [0, 0.05) is 74.0 Å². The molecule has 3 aromatic carbocycles. The van der Waals surface area contributed by atoms with Crippen molar-refractivity contribution in [3.05, 3.63) is 118 Å². The number of nitrogens with one attached hydrogen (secondary N) is 2. The van der Waals surface area contributed by atoms with Gasteiger partial charge in [0.1, 0.15) is 23.7 Å². The summed E-state index contributed by atoms with van der Waals surface area (Å²) in [5.41, 5.74) is 3.45. The number of aromatic hydroxyl groups is 1. The number of nitrogens with zero attached hydrogens (tertiary/aromatic N) is 7. The van der Waals surface area contributed by atoms with Crippen molar-refractivity contribution in [2.75, 3.05) is 36.4 Å². The Morgan fingerprint density at radius 1 is 0.898 bits per heavy atom. The number of imide groups is 2. The van der Waals surface area contributed by atoms with Crippen molar-refractivity contribution in [1.29, 1.82) is 0 Å². The van der Waals surface area contributed by atoms with Gasteiger partial charge in [0.05, 0.1) is 16.8 Å². The molecule has 3 N–H and O–H groups in total. The maximum Gasteiger partial charge on any atom is 0.262 e. The number of phenols is 1. The van der Waals surface area contributed by atoms with E-state index >= 15 is 0 Å². The molecule has 0 bridgehead atoms. The molecule has 298 valence electrons. The molecule has 59 heavy (non-hydrogen) atoms. The smallest absolute Gasteiger partial charge is 0.262 e. The van der Waals surface area contributed by atoms with E-state index in [-0.39, 0.29) is 41.8 Å². The van der Waals surface area contributed by atoms with Gasteiger partial charge in [-0.1, -0.05) is 18.2 Å². The van der Waals surface area contributed by atoms with Crippen LogP contribution in [0.15, 0.2) is 78.3 Å². The van der Waals surface area contributed by atoms with Gasteiger partial charge in [0.2, 0.25) is 11.8 Å². The van der Waals surface area contributed by atoms with Gasteiger partial charge < -0.3 is 14.9 Å². The van der Waals surface area contributed by atoms with Crippen LogP contribution in [0.1, 0.15) is 66.6 Å². The van der Waals surface area contributed by atoms with Crippen LogP contribution >= 0.6 is 11.3 Å². The van der Waals surface area contributed by atoms with E-state index in [1.165, 1.54) is 22.4 Å². The highest BCUT2D eigenvalue weighted by molar-refractivity contribution is 7.13. The van der Waals surface area contributed by atoms with Crippen molar-refractivity contribution in [2.45, 2.75) is 38.0 Å². The van der Waals surface area contributed by atoms with E-state index in [9.17, 15) is 38.3 Å². The van der Waals surface area contributed by atoms with Crippen LogP contribution in [-0.4, -0.2) is 103 Å². The van der Waals surface area contributed by atoms with Crippen LogP contribution in [0.4, 0.5) is 15.3 Å². The number of hydrogen-bond acceptors (Lipinski definition) is 13. The summed E-state index contributed by atoms with van der Waals surface area (Å²) in [6.45, 7) is 3.28. The minimum absolute atomic E-state index is 0.0460. The van der Waals surface area contributed by atoms with Gasteiger partial charge in [0.25, 0.3) is 23.6 Å². The van der Waals surface area contributed by atoms with Crippen molar-refractivity contribution >= 4 is 57.7 Å². The number of aromatic nitrogens is 3. The minimum atomic E-state index is -1.35. The molecule has 6 heterocycles. The summed E-state index contributed by atoms with van der Waals surface area (Å²) in [6.07, 6.45) is 1.67.